The molecule has 2 heterocycles. The minimum Gasteiger partial charge on any atom is -0.497 e. The van der Waals surface area contributed by atoms with Crippen molar-refractivity contribution in [3.8, 4) is 11.5 Å². The van der Waals surface area contributed by atoms with E-state index in [9.17, 15) is 14.4 Å². The molecule has 0 aromatic heterocycles. The molecular weight excluding hydrogens is 376 g/mol. The van der Waals surface area contributed by atoms with Crippen molar-refractivity contribution in [3.05, 3.63) is 18.2 Å². The number of piperidine rings is 1. The lowest BCUT2D eigenvalue weighted by Gasteiger charge is -2.37. The Morgan fingerprint density at radius 2 is 1.93 bits per heavy atom. The summed E-state index contributed by atoms with van der Waals surface area (Å²) in [5.41, 5.74) is -0.485. The molecule has 2 aliphatic heterocycles. The van der Waals surface area contributed by atoms with Gasteiger partial charge in [0.2, 0.25) is 5.91 Å². The van der Waals surface area contributed by atoms with Gasteiger partial charge in [-0.1, -0.05) is 6.92 Å². The molecule has 4 amide bonds. The van der Waals surface area contributed by atoms with Crippen LogP contribution in [-0.4, -0.2) is 73.6 Å². The Hall–Kier alpha value is -2.81. The topological polar surface area (TPSA) is 100 Å². The maximum Gasteiger partial charge on any atom is 0.325 e. The summed E-state index contributed by atoms with van der Waals surface area (Å²) < 4.78 is 10.4. The zero-order valence-corrected chi connectivity index (χ0v) is 17.1. The minimum atomic E-state index is -0.894. The summed E-state index contributed by atoms with van der Waals surface area (Å²) >= 11 is 0. The summed E-state index contributed by atoms with van der Waals surface area (Å²) in [6.45, 7) is 4.24. The molecule has 1 aromatic rings. The first-order valence-electron chi connectivity index (χ1n) is 9.81. The first-order valence-corrected chi connectivity index (χ1v) is 9.81. The third kappa shape index (κ3) is 4.29. The van der Waals surface area contributed by atoms with Gasteiger partial charge >= 0.3 is 6.03 Å². The van der Waals surface area contributed by atoms with Crippen molar-refractivity contribution in [2.75, 3.05) is 45.7 Å². The van der Waals surface area contributed by atoms with E-state index in [1.165, 1.54) is 14.2 Å². The molecule has 1 aromatic carbocycles. The van der Waals surface area contributed by atoms with Gasteiger partial charge in [-0.15, -0.1) is 0 Å². The highest BCUT2D eigenvalue weighted by molar-refractivity contribution is 6.10. The van der Waals surface area contributed by atoms with Crippen molar-refractivity contribution < 1.29 is 23.9 Å². The molecule has 9 heteroatoms. The predicted molar refractivity (Wildman–Crippen MR) is 107 cm³/mol. The number of urea groups is 1. The number of ether oxygens (including phenoxy) is 2. The number of anilines is 1. The summed E-state index contributed by atoms with van der Waals surface area (Å²) in [5, 5.41) is 5.52. The second-order valence-corrected chi connectivity index (χ2v) is 7.36. The van der Waals surface area contributed by atoms with Crippen LogP contribution in [0.15, 0.2) is 18.2 Å². The second-order valence-electron chi connectivity index (χ2n) is 7.36. The molecule has 9 nitrogen and oxygen atoms in total. The van der Waals surface area contributed by atoms with Crippen LogP contribution in [0.5, 0.6) is 11.5 Å². The number of likely N-dealkylation sites (tertiary alicyclic amines) is 1. The number of rotatable bonds is 7. The summed E-state index contributed by atoms with van der Waals surface area (Å²) in [7, 11) is 3.01. The van der Waals surface area contributed by atoms with Crippen LogP contribution in [0.2, 0.25) is 0 Å². The normalized spacial score (nSPS) is 18.7. The Kier molecular flexibility index (Phi) is 6.26. The summed E-state index contributed by atoms with van der Waals surface area (Å²) in [6.07, 6.45) is 2.16. The molecule has 158 valence electrons. The lowest BCUT2D eigenvalue weighted by molar-refractivity contribution is -0.135. The molecule has 1 spiro atoms. The molecule has 2 saturated heterocycles. The van der Waals surface area contributed by atoms with Crippen molar-refractivity contribution >= 4 is 23.5 Å². The van der Waals surface area contributed by atoms with Crippen molar-refractivity contribution in [2.24, 2.45) is 0 Å². The molecule has 2 fully saturated rings. The van der Waals surface area contributed by atoms with Gasteiger partial charge in [-0.3, -0.25) is 14.5 Å². The van der Waals surface area contributed by atoms with E-state index in [1.807, 2.05) is 0 Å². The third-order valence-electron chi connectivity index (χ3n) is 5.48. The summed E-state index contributed by atoms with van der Waals surface area (Å²) in [6, 6.07) is 4.47. The fraction of sp³-hybridized carbons (Fsp3) is 0.550. The van der Waals surface area contributed by atoms with Gasteiger partial charge in [0.15, 0.2) is 0 Å². The Morgan fingerprint density at radius 3 is 2.55 bits per heavy atom. The van der Waals surface area contributed by atoms with Crippen LogP contribution in [0, 0.1) is 0 Å². The van der Waals surface area contributed by atoms with Gasteiger partial charge in [0.25, 0.3) is 5.91 Å². The number of imide groups is 1. The number of nitrogens with zero attached hydrogens (tertiary/aromatic N) is 2. The SMILES string of the molecule is CCCN1CCC2(CC1)NC(=O)N(CC(=O)Nc1cc(OC)ccc1OC)C2=O. The number of benzene rings is 1. The monoisotopic (exact) mass is 404 g/mol. The molecule has 0 radical (unpaired) electrons. The molecule has 0 aliphatic carbocycles. The van der Waals surface area contributed by atoms with Crippen molar-refractivity contribution in [2.45, 2.75) is 31.7 Å². The van der Waals surface area contributed by atoms with Crippen LogP contribution in [0.3, 0.4) is 0 Å². The average molecular weight is 404 g/mol. The lowest BCUT2D eigenvalue weighted by atomic mass is 9.87. The standard InChI is InChI=1S/C20H28N4O5/c1-4-9-23-10-7-20(8-11-23)18(26)24(19(27)22-20)13-17(25)21-15-12-14(28-2)5-6-16(15)29-3/h5-6,12H,4,7-11,13H2,1-3H3,(H,21,25)(H,22,27). The van der Waals surface area contributed by atoms with E-state index >= 15 is 0 Å². The van der Waals surface area contributed by atoms with E-state index in [4.69, 9.17) is 9.47 Å². The maximum atomic E-state index is 13.0. The van der Waals surface area contributed by atoms with Gasteiger partial charge in [-0.2, -0.15) is 0 Å². The molecular formula is C20H28N4O5. The first kappa shape index (κ1) is 20.9. The molecule has 0 bridgehead atoms. The number of carbonyl (C=O) groups is 3. The quantitative estimate of drug-likeness (QED) is 0.667. The number of hydrogen-bond donors (Lipinski definition) is 2. The highest BCUT2D eigenvalue weighted by atomic mass is 16.5. The van der Waals surface area contributed by atoms with Gasteiger partial charge in [0.05, 0.1) is 19.9 Å². The third-order valence-corrected chi connectivity index (χ3v) is 5.48. The Morgan fingerprint density at radius 1 is 1.21 bits per heavy atom. The van der Waals surface area contributed by atoms with Crippen LogP contribution in [-0.2, 0) is 9.59 Å². The molecule has 2 N–H and O–H groups in total. The second kappa shape index (κ2) is 8.69. The van der Waals surface area contributed by atoms with Gasteiger partial charge in [-0.05, 0) is 37.9 Å². The zero-order valence-electron chi connectivity index (χ0n) is 17.1. The highest BCUT2D eigenvalue weighted by Gasteiger charge is 2.52. The van der Waals surface area contributed by atoms with E-state index in [2.05, 4.69) is 22.5 Å². The molecule has 0 unspecified atom stereocenters. The predicted octanol–water partition coefficient (Wildman–Crippen LogP) is 1.44. The zero-order chi connectivity index (χ0) is 21.0. The van der Waals surface area contributed by atoms with E-state index in [-0.39, 0.29) is 12.5 Å². The smallest absolute Gasteiger partial charge is 0.325 e. The fourth-order valence-corrected chi connectivity index (χ4v) is 3.88. The Labute approximate surface area is 170 Å². The lowest BCUT2D eigenvalue weighted by Crippen LogP contribution is -2.55. The molecule has 0 saturated carbocycles. The van der Waals surface area contributed by atoms with E-state index in [0.717, 1.165) is 31.0 Å². The van der Waals surface area contributed by atoms with E-state index in [1.54, 1.807) is 18.2 Å². The Bertz CT molecular complexity index is 789. The molecule has 2 aliphatic rings. The summed E-state index contributed by atoms with van der Waals surface area (Å²) in [5.74, 6) is 0.192. The number of nitrogens with one attached hydrogen (secondary N) is 2. The number of carbonyl (C=O) groups excluding carboxylic acids is 3. The van der Waals surface area contributed by atoms with Crippen LogP contribution in [0.4, 0.5) is 10.5 Å². The molecule has 3 rings (SSSR count). The van der Waals surface area contributed by atoms with Crippen molar-refractivity contribution in [1.82, 2.24) is 15.1 Å². The van der Waals surface area contributed by atoms with Crippen LogP contribution >= 0.6 is 0 Å². The maximum absolute atomic E-state index is 13.0. The average Bonchev–Trinajstić information content (AvgIpc) is 2.94. The number of methoxy groups -OCH3 is 2. The molecule has 29 heavy (non-hydrogen) atoms. The largest absolute Gasteiger partial charge is 0.497 e. The van der Waals surface area contributed by atoms with Gasteiger partial charge in [0.1, 0.15) is 23.6 Å². The minimum absolute atomic E-state index is 0.327. The van der Waals surface area contributed by atoms with Crippen molar-refractivity contribution in [1.29, 1.82) is 0 Å². The van der Waals surface area contributed by atoms with Crippen LogP contribution < -0.4 is 20.1 Å². The van der Waals surface area contributed by atoms with Gasteiger partial charge in [-0.25, -0.2) is 4.79 Å². The van der Waals surface area contributed by atoms with Crippen LogP contribution in [0.1, 0.15) is 26.2 Å². The van der Waals surface area contributed by atoms with Gasteiger partial charge < -0.3 is 25.0 Å². The van der Waals surface area contributed by atoms with Crippen LogP contribution in [0.25, 0.3) is 0 Å². The number of hydrogen-bond acceptors (Lipinski definition) is 6. The fourth-order valence-electron chi connectivity index (χ4n) is 3.88. The van der Waals surface area contributed by atoms with E-state index in [0.29, 0.717) is 30.0 Å². The van der Waals surface area contributed by atoms with E-state index < -0.39 is 17.5 Å². The number of amides is 4. The van der Waals surface area contributed by atoms with Crippen molar-refractivity contribution in [3.63, 3.8) is 0 Å². The summed E-state index contributed by atoms with van der Waals surface area (Å²) in [4.78, 5) is 41.2. The Balaban J connectivity index is 1.65. The highest BCUT2D eigenvalue weighted by Crippen LogP contribution is 2.31. The first-order chi connectivity index (χ1) is 13.9. The molecule has 0 atom stereocenters. The van der Waals surface area contributed by atoms with Gasteiger partial charge in [0, 0.05) is 19.2 Å².